The Morgan fingerprint density at radius 1 is 1.38 bits per heavy atom. The van der Waals surface area contributed by atoms with Gasteiger partial charge in [-0.1, -0.05) is 6.07 Å². The molecule has 0 aliphatic carbocycles. The molecule has 21 heavy (non-hydrogen) atoms. The Morgan fingerprint density at radius 3 is 2.57 bits per heavy atom. The first kappa shape index (κ1) is 17.3. The minimum atomic E-state index is -0.680. The average Bonchev–Trinajstić information content (AvgIpc) is 2.36. The molecule has 6 nitrogen and oxygen atoms in total. The average molecular weight is 296 g/mol. The maximum atomic E-state index is 11.7. The first-order chi connectivity index (χ1) is 9.76. The number of amides is 1. The molecule has 0 heterocycles. The highest BCUT2D eigenvalue weighted by atomic mass is 16.6. The molecule has 0 aliphatic heterocycles. The van der Waals surface area contributed by atoms with Crippen molar-refractivity contribution in [1.29, 1.82) is 0 Å². The van der Waals surface area contributed by atoms with Crippen molar-refractivity contribution in [3.05, 3.63) is 23.8 Å². The van der Waals surface area contributed by atoms with Crippen LogP contribution in [0.1, 0.15) is 32.4 Å². The molecule has 3 N–H and O–H groups in total. The van der Waals surface area contributed by atoms with Crippen molar-refractivity contribution in [2.24, 2.45) is 0 Å². The summed E-state index contributed by atoms with van der Waals surface area (Å²) in [5.41, 5.74) is 0.639. The van der Waals surface area contributed by atoms with Crippen molar-refractivity contribution >= 4 is 11.8 Å². The summed E-state index contributed by atoms with van der Waals surface area (Å²) in [6, 6.07) is 5.06. The van der Waals surface area contributed by atoms with Gasteiger partial charge in [0, 0.05) is 23.9 Å². The second kappa shape index (κ2) is 7.28. The lowest BCUT2D eigenvalue weighted by Gasteiger charge is -2.20. The number of anilines is 1. The fraction of sp³-hybridized carbons (Fsp3) is 0.533. The van der Waals surface area contributed by atoms with Crippen molar-refractivity contribution in [2.45, 2.75) is 32.5 Å². The molecule has 1 aromatic rings. The first-order valence-corrected chi connectivity index (χ1v) is 6.77. The highest BCUT2D eigenvalue weighted by Crippen LogP contribution is 2.28. The maximum absolute atomic E-state index is 11.7. The fourth-order valence-electron chi connectivity index (χ4n) is 1.79. The number of methoxy groups -OCH3 is 1. The predicted octanol–water partition coefficient (Wildman–Crippen LogP) is 2.29. The van der Waals surface area contributed by atoms with E-state index in [-0.39, 0.29) is 0 Å². The SMILES string of the molecule is CNCC(O)c1ccc(NC(=O)OC(C)(C)C)cc1OC. The van der Waals surface area contributed by atoms with Crippen LogP contribution in [0.4, 0.5) is 10.5 Å². The Kier molecular flexibility index (Phi) is 5.99. The van der Waals surface area contributed by atoms with Crippen LogP contribution in [0.2, 0.25) is 0 Å². The third kappa shape index (κ3) is 5.61. The zero-order valence-electron chi connectivity index (χ0n) is 13.2. The van der Waals surface area contributed by atoms with Crippen molar-refractivity contribution in [3.63, 3.8) is 0 Å². The lowest BCUT2D eigenvalue weighted by Crippen LogP contribution is -2.27. The van der Waals surface area contributed by atoms with Crippen LogP contribution in [-0.2, 0) is 4.74 Å². The van der Waals surface area contributed by atoms with Gasteiger partial charge in [-0.3, -0.25) is 5.32 Å². The van der Waals surface area contributed by atoms with E-state index in [0.717, 1.165) is 0 Å². The number of carbonyl (C=O) groups excluding carboxylic acids is 1. The minimum Gasteiger partial charge on any atom is -0.496 e. The number of hydrogen-bond donors (Lipinski definition) is 3. The van der Waals surface area contributed by atoms with Crippen LogP contribution in [0.5, 0.6) is 5.75 Å². The van der Waals surface area contributed by atoms with Crippen LogP contribution in [-0.4, -0.2) is 37.5 Å². The molecule has 6 heteroatoms. The molecule has 0 saturated carbocycles. The van der Waals surface area contributed by atoms with Gasteiger partial charge in [-0.15, -0.1) is 0 Å². The van der Waals surface area contributed by atoms with Gasteiger partial charge in [0.1, 0.15) is 11.4 Å². The number of aliphatic hydroxyl groups is 1. The van der Waals surface area contributed by atoms with E-state index < -0.39 is 17.8 Å². The summed E-state index contributed by atoms with van der Waals surface area (Å²) in [5, 5.41) is 15.5. The van der Waals surface area contributed by atoms with Crippen molar-refractivity contribution < 1.29 is 19.4 Å². The smallest absolute Gasteiger partial charge is 0.412 e. The highest BCUT2D eigenvalue weighted by Gasteiger charge is 2.18. The Bertz CT molecular complexity index is 483. The first-order valence-electron chi connectivity index (χ1n) is 6.77. The monoisotopic (exact) mass is 296 g/mol. The molecule has 0 saturated heterocycles. The van der Waals surface area contributed by atoms with Crippen molar-refractivity contribution in [3.8, 4) is 5.75 Å². The molecule has 0 radical (unpaired) electrons. The quantitative estimate of drug-likeness (QED) is 0.777. The number of likely N-dealkylation sites (N-methyl/N-ethyl adjacent to an activating group) is 1. The molecule has 0 aliphatic rings. The summed E-state index contributed by atoms with van der Waals surface area (Å²) in [6.45, 7) is 5.80. The highest BCUT2D eigenvalue weighted by molar-refractivity contribution is 5.85. The Balaban J connectivity index is 2.85. The number of ether oxygens (including phenoxy) is 2. The van der Waals surface area contributed by atoms with Crippen molar-refractivity contribution in [2.75, 3.05) is 26.0 Å². The molecular weight excluding hydrogens is 272 g/mol. The van der Waals surface area contributed by atoms with Crippen LogP contribution in [0.25, 0.3) is 0 Å². The van der Waals surface area contributed by atoms with Gasteiger partial charge in [0.05, 0.1) is 13.2 Å². The molecule has 0 aromatic heterocycles. The van der Waals surface area contributed by atoms with Gasteiger partial charge in [-0.05, 0) is 33.9 Å². The number of aliphatic hydroxyl groups excluding tert-OH is 1. The third-order valence-electron chi connectivity index (χ3n) is 2.64. The summed E-state index contributed by atoms with van der Waals surface area (Å²) in [4.78, 5) is 11.7. The van der Waals surface area contributed by atoms with Gasteiger partial charge in [0.15, 0.2) is 0 Å². The second-order valence-corrected chi connectivity index (χ2v) is 5.66. The zero-order valence-corrected chi connectivity index (χ0v) is 13.2. The lowest BCUT2D eigenvalue weighted by molar-refractivity contribution is 0.0636. The van der Waals surface area contributed by atoms with Gasteiger partial charge >= 0.3 is 6.09 Å². The molecule has 1 unspecified atom stereocenters. The van der Waals surface area contributed by atoms with Gasteiger partial charge in [-0.25, -0.2) is 4.79 Å². The molecule has 118 valence electrons. The van der Waals surface area contributed by atoms with Crippen LogP contribution >= 0.6 is 0 Å². The molecule has 0 bridgehead atoms. The van der Waals surface area contributed by atoms with E-state index in [2.05, 4.69) is 10.6 Å². The van der Waals surface area contributed by atoms with Crippen LogP contribution in [0, 0.1) is 0 Å². The second-order valence-electron chi connectivity index (χ2n) is 5.66. The Morgan fingerprint density at radius 2 is 2.05 bits per heavy atom. The van der Waals surface area contributed by atoms with E-state index in [4.69, 9.17) is 9.47 Å². The van der Waals surface area contributed by atoms with Crippen molar-refractivity contribution in [1.82, 2.24) is 5.32 Å². The third-order valence-corrected chi connectivity index (χ3v) is 2.64. The van der Waals surface area contributed by atoms with E-state index in [9.17, 15) is 9.90 Å². The Labute approximate surface area is 125 Å². The van der Waals surface area contributed by atoms with Gasteiger partial charge in [0.25, 0.3) is 0 Å². The normalized spacial score (nSPS) is 12.7. The molecule has 1 amide bonds. The largest absolute Gasteiger partial charge is 0.496 e. The minimum absolute atomic E-state index is 0.412. The lowest BCUT2D eigenvalue weighted by atomic mass is 10.1. The standard InChI is InChI=1S/C15H24N2O4/c1-15(2,3)21-14(19)17-10-6-7-11(12(18)9-16-4)13(8-10)20-5/h6-8,12,16,18H,9H2,1-5H3,(H,17,19). The molecule has 1 rings (SSSR count). The summed E-state index contributed by atoms with van der Waals surface area (Å²) in [6.07, 6.45) is -1.21. The summed E-state index contributed by atoms with van der Waals surface area (Å²) in [5.74, 6) is 0.506. The van der Waals surface area contributed by atoms with Gasteiger partial charge in [0.2, 0.25) is 0 Å². The van der Waals surface area contributed by atoms with E-state index >= 15 is 0 Å². The number of hydrogen-bond acceptors (Lipinski definition) is 5. The molecule has 1 atom stereocenters. The number of nitrogens with one attached hydrogen (secondary N) is 2. The molecule has 0 spiro atoms. The van der Waals surface area contributed by atoms with E-state index in [1.54, 1.807) is 46.0 Å². The van der Waals surface area contributed by atoms with E-state index in [0.29, 0.717) is 23.5 Å². The number of benzene rings is 1. The number of rotatable bonds is 5. The zero-order chi connectivity index (χ0) is 16.0. The number of carbonyl (C=O) groups is 1. The topological polar surface area (TPSA) is 79.8 Å². The van der Waals surface area contributed by atoms with Gasteiger partial charge in [-0.2, -0.15) is 0 Å². The molecule has 1 aromatic carbocycles. The molecule has 0 fully saturated rings. The van der Waals surface area contributed by atoms with Gasteiger partial charge < -0.3 is 19.9 Å². The summed E-state index contributed by atoms with van der Waals surface area (Å²) >= 11 is 0. The van der Waals surface area contributed by atoms with Crippen LogP contribution in [0.3, 0.4) is 0 Å². The summed E-state index contributed by atoms with van der Waals surface area (Å²) < 4.78 is 10.4. The van der Waals surface area contributed by atoms with Crippen LogP contribution in [0.15, 0.2) is 18.2 Å². The van der Waals surface area contributed by atoms with E-state index in [1.165, 1.54) is 7.11 Å². The maximum Gasteiger partial charge on any atom is 0.412 e. The fourth-order valence-corrected chi connectivity index (χ4v) is 1.79. The van der Waals surface area contributed by atoms with E-state index in [1.807, 2.05) is 0 Å². The Hall–Kier alpha value is -1.79. The predicted molar refractivity (Wildman–Crippen MR) is 81.7 cm³/mol. The summed E-state index contributed by atoms with van der Waals surface area (Å²) in [7, 11) is 3.27. The van der Waals surface area contributed by atoms with Crippen LogP contribution < -0.4 is 15.4 Å². The molecular formula is C15H24N2O4.